The summed E-state index contributed by atoms with van der Waals surface area (Å²) < 4.78 is 8.02. The molecule has 32 heavy (non-hydrogen) atoms. The molecule has 0 spiro atoms. The van der Waals surface area contributed by atoms with Crippen LogP contribution >= 0.6 is 0 Å². The van der Waals surface area contributed by atoms with Gasteiger partial charge in [0.15, 0.2) is 0 Å². The fourth-order valence-corrected chi connectivity index (χ4v) is 4.09. The van der Waals surface area contributed by atoms with E-state index in [0.29, 0.717) is 6.54 Å². The van der Waals surface area contributed by atoms with Gasteiger partial charge in [-0.3, -0.25) is 0 Å². The van der Waals surface area contributed by atoms with Gasteiger partial charge in [0.25, 0.3) is 0 Å². The molecule has 1 heterocycles. The molecule has 5 aromatic rings. The smallest absolute Gasteiger partial charge is 0.145 e. The van der Waals surface area contributed by atoms with Crippen LogP contribution in [0, 0.1) is 0 Å². The molecule has 0 amide bonds. The third-order valence-corrected chi connectivity index (χ3v) is 5.59. The molecule has 0 aliphatic heterocycles. The third kappa shape index (κ3) is 3.81. The minimum Gasteiger partial charge on any atom is -0.496 e. The topological polar surface area (TPSA) is 27.1 Å². The van der Waals surface area contributed by atoms with Crippen molar-refractivity contribution in [3.8, 4) is 39.7 Å². The van der Waals surface area contributed by atoms with Crippen molar-refractivity contribution in [3.05, 3.63) is 121 Å². The number of rotatable bonds is 6. The summed E-state index contributed by atoms with van der Waals surface area (Å²) in [7, 11) is 1.71. The first-order chi connectivity index (χ1) is 15.8. The van der Waals surface area contributed by atoms with E-state index in [1.54, 1.807) is 7.11 Å². The van der Waals surface area contributed by atoms with Gasteiger partial charge < -0.3 is 9.30 Å². The van der Waals surface area contributed by atoms with Crippen LogP contribution in [-0.4, -0.2) is 16.7 Å². The van der Waals surface area contributed by atoms with Crippen LogP contribution in [0.4, 0.5) is 0 Å². The fraction of sp³-hybridized carbons (Fsp3) is 0.0690. The molecule has 1 aromatic heterocycles. The van der Waals surface area contributed by atoms with Crippen LogP contribution < -0.4 is 4.74 Å². The van der Waals surface area contributed by atoms with Gasteiger partial charge in [-0.05, 0) is 17.7 Å². The van der Waals surface area contributed by atoms with Crippen molar-refractivity contribution in [2.24, 2.45) is 0 Å². The van der Waals surface area contributed by atoms with Crippen molar-refractivity contribution in [1.82, 2.24) is 9.55 Å². The number of nitrogens with zero attached hydrogens (tertiary/aromatic N) is 2. The van der Waals surface area contributed by atoms with E-state index in [-0.39, 0.29) is 0 Å². The number of para-hydroxylation sites is 1. The van der Waals surface area contributed by atoms with Crippen LogP contribution in [0.2, 0.25) is 0 Å². The maximum absolute atomic E-state index is 5.71. The van der Waals surface area contributed by atoms with Gasteiger partial charge in [-0.2, -0.15) is 0 Å². The standard InChI is InChI=1S/C29H24N2O/c1-32-26-20-12-11-19-25(26)29-30-27(23-15-7-3-8-16-23)28(24-17-9-4-10-18-24)31(29)21-22-13-5-2-6-14-22/h2-20H,21H2,1H3. The lowest BCUT2D eigenvalue weighted by Gasteiger charge is -2.15. The molecule has 0 aliphatic carbocycles. The molecule has 3 nitrogen and oxygen atoms in total. The van der Waals surface area contributed by atoms with Crippen molar-refractivity contribution in [3.63, 3.8) is 0 Å². The summed E-state index contributed by atoms with van der Waals surface area (Å²) in [5, 5.41) is 0. The van der Waals surface area contributed by atoms with Crippen LogP contribution in [-0.2, 0) is 6.54 Å². The SMILES string of the molecule is COc1ccccc1-c1nc(-c2ccccc2)c(-c2ccccc2)n1Cc1ccccc1. The summed E-state index contributed by atoms with van der Waals surface area (Å²) >= 11 is 0. The summed E-state index contributed by atoms with van der Waals surface area (Å²) in [5.41, 5.74) is 6.49. The number of aromatic nitrogens is 2. The van der Waals surface area contributed by atoms with Crippen molar-refractivity contribution in [1.29, 1.82) is 0 Å². The van der Waals surface area contributed by atoms with E-state index in [2.05, 4.69) is 83.4 Å². The molecule has 0 aliphatic rings. The molecule has 0 radical (unpaired) electrons. The highest BCUT2D eigenvalue weighted by molar-refractivity contribution is 5.83. The quantitative estimate of drug-likeness (QED) is 0.300. The van der Waals surface area contributed by atoms with Crippen LogP contribution in [0.1, 0.15) is 5.56 Å². The Balaban J connectivity index is 1.82. The van der Waals surface area contributed by atoms with E-state index in [4.69, 9.17) is 9.72 Å². The molecule has 4 aromatic carbocycles. The molecule has 0 saturated heterocycles. The Bertz CT molecular complexity index is 1310. The fourth-order valence-electron chi connectivity index (χ4n) is 4.09. The lowest BCUT2D eigenvalue weighted by Crippen LogP contribution is -2.05. The zero-order valence-corrected chi connectivity index (χ0v) is 18.0. The second-order valence-electron chi connectivity index (χ2n) is 7.64. The Morgan fingerprint density at radius 3 is 1.88 bits per heavy atom. The molecule has 0 unspecified atom stereocenters. The van der Waals surface area contributed by atoms with Crippen molar-refractivity contribution < 1.29 is 4.74 Å². The van der Waals surface area contributed by atoms with E-state index in [1.807, 2.05) is 36.4 Å². The van der Waals surface area contributed by atoms with E-state index in [9.17, 15) is 0 Å². The molecular formula is C29H24N2O. The van der Waals surface area contributed by atoms with Gasteiger partial charge in [0.05, 0.1) is 24.1 Å². The highest BCUT2D eigenvalue weighted by Crippen LogP contribution is 2.39. The first-order valence-electron chi connectivity index (χ1n) is 10.7. The van der Waals surface area contributed by atoms with Gasteiger partial charge in [-0.15, -0.1) is 0 Å². The maximum Gasteiger partial charge on any atom is 0.145 e. The summed E-state index contributed by atoms with van der Waals surface area (Å²) in [4.78, 5) is 5.21. The normalized spacial score (nSPS) is 10.8. The second-order valence-corrected chi connectivity index (χ2v) is 7.64. The van der Waals surface area contributed by atoms with E-state index in [0.717, 1.165) is 39.7 Å². The minimum absolute atomic E-state index is 0.707. The number of hydrogen-bond donors (Lipinski definition) is 0. The van der Waals surface area contributed by atoms with Gasteiger partial charge in [-0.25, -0.2) is 4.98 Å². The van der Waals surface area contributed by atoms with Crippen LogP contribution in [0.25, 0.3) is 33.9 Å². The van der Waals surface area contributed by atoms with Crippen LogP contribution in [0.5, 0.6) is 5.75 Å². The minimum atomic E-state index is 0.707. The van der Waals surface area contributed by atoms with E-state index < -0.39 is 0 Å². The second kappa shape index (κ2) is 8.94. The molecule has 5 rings (SSSR count). The molecule has 0 saturated carbocycles. The Labute approximate surface area is 188 Å². The highest BCUT2D eigenvalue weighted by Gasteiger charge is 2.22. The van der Waals surface area contributed by atoms with Crippen LogP contribution in [0.15, 0.2) is 115 Å². The lowest BCUT2D eigenvalue weighted by molar-refractivity contribution is 0.416. The first-order valence-corrected chi connectivity index (χ1v) is 10.7. The third-order valence-electron chi connectivity index (χ3n) is 5.59. The Morgan fingerprint density at radius 2 is 1.22 bits per heavy atom. The summed E-state index contributed by atoms with van der Waals surface area (Å²) in [6, 6.07) is 39.5. The average molecular weight is 417 g/mol. The number of imidazole rings is 1. The van der Waals surface area contributed by atoms with Crippen molar-refractivity contribution in [2.45, 2.75) is 6.54 Å². The van der Waals surface area contributed by atoms with Gasteiger partial charge in [0.1, 0.15) is 11.6 Å². The van der Waals surface area contributed by atoms with E-state index >= 15 is 0 Å². The Kier molecular flexibility index (Phi) is 5.54. The Morgan fingerprint density at radius 1 is 0.656 bits per heavy atom. The molecule has 156 valence electrons. The molecular weight excluding hydrogens is 392 g/mol. The molecule has 0 bridgehead atoms. The average Bonchev–Trinajstić information content (AvgIpc) is 3.24. The number of methoxy groups -OCH3 is 1. The molecule has 0 N–H and O–H groups in total. The predicted molar refractivity (Wildman–Crippen MR) is 131 cm³/mol. The van der Waals surface area contributed by atoms with Crippen molar-refractivity contribution >= 4 is 0 Å². The summed E-state index contributed by atoms with van der Waals surface area (Å²) in [5.74, 6) is 1.70. The lowest BCUT2D eigenvalue weighted by atomic mass is 10.0. The predicted octanol–water partition coefficient (Wildman–Crippen LogP) is 6.94. The number of hydrogen-bond acceptors (Lipinski definition) is 2. The first kappa shape index (κ1) is 19.8. The van der Waals surface area contributed by atoms with Gasteiger partial charge >= 0.3 is 0 Å². The maximum atomic E-state index is 5.71. The van der Waals surface area contributed by atoms with Crippen LogP contribution in [0.3, 0.4) is 0 Å². The van der Waals surface area contributed by atoms with Gasteiger partial charge in [0.2, 0.25) is 0 Å². The molecule has 3 heteroatoms. The molecule has 0 fully saturated rings. The zero-order chi connectivity index (χ0) is 21.8. The number of ether oxygens (including phenoxy) is 1. The highest BCUT2D eigenvalue weighted by atomic mass is 16.5. The molecule has 0 atom stereocenters. The largest absolute Gasteiger partial charge is 0.496 e. The summed E-state index contributed by atoms with van der Waals surface area (Å²) in [6.45, 7) is 0.707. The van der Waals surface area contributed by atoms with E-state index in [1.165, 1.54) is 5.56 Å². The summed E-state index contributed by atoms with van der Waals surface area (Å²) in [6.07, 6.45) is 0. The van der Waals surface area contributed by atoms with Crippen molar-refractivity contribution in [2.75, 3.05) is 7.11 Å². The number of benzene rings is 4. The van der Waals surface area contributed by atoms with Gasteiger partial charge in [0, 0.05) is 17.7 Å². The van der Waals surface area contributed by atoms with Gasteiger partial charge in [-0.1, -0.05) is 103 Å². The monoisotopic (exact) mass is 416 g/mol. The Hall–Kier alpha value is -4.11. The zero-order valence-electron chi connectivity index (χ0n) is 18.0.